The third-order valence-electron chi connectivity index (χ3n) is 3.07. The van der Waals surface area contributed by atoms with Gasteiger partial charge in [-0.15, -0.1) is 0 Å². The Kier molecular flexibility index (Phi) is 4.07. The lowest BCUT2D eigenvalue weighted by Gasteiger charge is -2.23. The van der Waals surface area contributed by atoms with Crippen LogP contribution in [0.3, 0.4) is 0 Å². The number of carbonyl (C=O) groups excluding carboxylic acids is 1. The molecule has 3 nitrogen and oxygen atoms in total. The van der Waals surface area contributed by atoms with Crippen LogP contribution in [0.2, 0.25) is 5.02 Å². The van der Waals surface area contributed by atoms with Gasteiger partial charge in [0.15, 0.2) is 0 Å². The molecule has 1 heterocycles. The first-order chi connectivity index (χ1) is 8.09. The first kappa shape index (κ1) is 12.9. The van der Waals surface area contributed by atoms with Gasteiger partial charge in [0.05, 0.1) is 5.02 Å². The van der Waals surface area contributed by atoms with Gasteiger partial charge >= 0.3 is 0 Å². The van der Waals surface area contributed by atoms with E-state index in [4.69, 9.17) is 11.6 Å². The fraction of sp³-hybridized carbons (Fsp3) is 0.417. The van der Waals surface area contributed by atoms with Crippen LogP contribution < -0.4 is 5.32 Å². The van der Waals surface area contributed by atoms with Gasteiger partial charge in [-0.3, -0.25) is 4.79 Å². The van der Waals surface area contributed by atoms with E-state index in [0.29, 0.717) is 10.6 Å². The van der Waals surface area contributed by atoms with Crippen molar-refractivity contribution in [1.82, 2.24) is 10.2 Å². The number of carbonyl (C=O) groups is 1. The molecular weight excluding hydrogens is 304 g/mol. The molecule has 0 saturated carbocycles. The van der Waals surface area contributed by atoms with Crippen LogP contribution in [0.4, 0.5) is 0 Å². The normalized spacial score (nSPS) is 19.4. The van der Waals surface area contributed by atoms with Crippen molar-refractivity contribution in [1.29, 1.82) is 0 Å². The molecule has 1 aliphatic rings. The lowest BCUT2D eigenvalue weighted by molar-refractivity contribution is 0.0743. The number of benzene rings is 1. The smallest absolute Gasteiger partial charge is 0.253 e. The molecule has 1 atom stereocenters. The van der Waals surface area contributed by atoms with E-state index in [9.17, 15) is 4.79 Å². The van der Waals surface area contributed by atoms with Gasteiger partial charge in [0.25, 0.3) is 5.91 Å². The molecule has 0 spiro atoms. The molecule has 0 aliphatic carbocycles. The molecule has 1 fully saturated rings. The van der Waals surface area contributed by atoms with E-state index in [2.05, 4.69) is 21.2 Å². The second-order valence-corrected chi connectivity index (χ2v) is 5.45. The van der Waals surface area contributed by atoms with E-state index < -0.39 is 0 Å². The van der Waals surface area contributed by atoms with Crippen molar-refractivity contribution in [2.75, 3.05) is 20.1 Å². The van der Waals surface area contributed by atoms with E-state index in [1.54, 1.807) is 23.1 Å². The predicted molar refractivity (Wildman–Crippen MR) is 72.5 cm³/mol. The second kappa shape index (κ2) is 5.38. The Morgan fingerprint density at radius 3 is 2.94 bits per heavy atom. The number of amides is 1. The molecule has 0 aromatic heterocycles. The van der Waals surface area contributed by atoms with Crippen LogP contribution in [0, 0.1) is 0 Å². The van der Waals surface area contributed by atoms with Gasteiger partial charge in [-0.1, -0.05) is 11.6 Å². The van der Waals surface area contributed by atoms with E-state index >= 15 is 0 Å². The van der Waals surface area contributed by atoms with Gasteiger partial charge in [-0.05, 0) is 47.1 Å². The molecule has 1 saturated heterocycles. The first-order valence-corrected chi connectivity index (χ1v) is 6.69. The van der Waals surface area contributed by atoms with E-state index in [1.807, 2.05) is 7.05 Å². The lowest BCUT2D eigenvalue weighted by atomic mass is 10.1. The van der Waals surface area contributed by atoms with Crippen LogP contribution in [-0.4, -0.2) is 37.0 Å². The maximum atomic E-state index is 12.2. The molecule has 17 heavy (non-hydrogen) atoms. The Balaban J connectivity index is 2.15. The third-order valence-corrected chi connectivity index (χ3v) is 4.28. The Morgan fingerprint density at radius 2 is 2.35 bits per heavy atom. The van der Waals surface area contributed by atoms with Crippen LogP contribution in [0.1, 0.15) is 16.8 Å². The summed E-state index contributed by atoms with van der Waals surface area (Å²) in [5, 5.41) is 3.87. The largest absolute Gasteiger partial charge is 0.337 e. The molecule has 1 aromatic rings. The molecule has 1 N–H and O–H groups in total. The molecule has 1 aromatic carbocycles. The number of hydrogen-bond acceptors (Lipinski definition) is 2. The summed E-state index contributed by atoms with van der Waals surface area (Å²) >= 11 is 9.24. The van der Waals surface area contributed by atoms with Gasteiger partial charge in [0.2, 0.25) is 0 Å². The zero-order valence-corrected chi connectivity index (χ0v) is 11.9. The van der Waals surface area contributed by atoms with Gasteiger partial charge in [-0.25, -0.2) is 0 Å². The molecule has 5 heteroatoms. The molecule has 2 rings (SSSR count). The summed E-state index contributed by atoms with van der Waals surface area (Å²) in [6, 6.07) is 5.55. The molecular formula is C12H14BrClN2O. The van der Waals surface area contributed by atoms with Crippen molar-refractivity contribution in [2.45, 2.75) is 12.5 Å². The zero-order valence-electron chi connectivity index (χ0n) is 9.54. The summed E-state index contributed by atoms with van der Waals surface area (Å²) in [5.41, 5.74) is 0.663. The molecule has 0 radical (unpaired) electrons. The summed E-state index contributed by atoms with van der Waals surface area (Å²) < 4.78 is 0.753. The summed E-state index contributed by atoms with van der Waals surface area (Å²) in [4.78, 5) is 14.0. The topological polar surface area (TPSA) is 32.3 Å². The fourth-order valence-corrected chi connectivity index (χ4v) is 2.46. The number of nitrogens with zero attached hydrogens (tertiary/aromatic N) is 1. The number of rotatable bonds is 2. The average Bonchev–Trinajstić information content (AvgIpc) is 2.84. The first-order valence-electron chi connectivity index (χ1n) is 5.52. The molecule has 1 unspecified atom stereocenters. The van der Waals surface area contributed by atoms with Gasteiger partial charge in [0, 0.05) is 29.7 Å². The van der Waals surface area contributed by atoms with Crippen LogP contribution in [0.15, 0.2) is 22.7 Å². The highest BCUT2D eigenvalue weighted by Gasteiger charge is 2.24. The van der Waals surface area contributed by atoms with E-state index in [1.165, 1.54) is 0 Å². The Labute approximate surface area is 114 Å². The molecule has 1 amide bonds. The summed E-state index contributed by atoms with van der Waals surface area (Å²) in [6.45, 7) is 1.85. The summed E-state index contributed by atoms with van der Waals surface area (Å²) in [5.74, 6) is 0.0380. The van der Waals surface area contributed by atoms with E-state index in [-0.39, 0.29) is 11.9 Å². The minimum Gasteiger partial charge on any atom is -0.337 e. The summed E-state index contributed by atoms with van der Waals surface area (Å²) in [7, 11) is 1.85. The van der Waals surface area contributed by atoms with Crippen molar-refractivity contribution in [2.24, 2.45) is 0 Å². The number of hydrogen-bond donors (Lipinski definition) is 1. The predicted octanol–water partition coefficient (Wildman–Crippen LogP) is 2.54. The molecule has 92 valence electrons. The van der Waals surface area contributed by atoms with Crippen molar-refractivity contribution >= 4 is 33.4 Å². The monoisotopic (exact) mass is 316 g/mol. The zero-order chi connectivity index (χ0) is 12.4. The summed E-state index contributed by atoms with van der Waals surface area (Å²) in [6.07, 6.45) is 1.01. The standard InChI is InChI=1S/C12H14BrClN2O/c1-16(9-4-5-15-7-9)12(17)8-2-3-11(14)10(13)6-8/h2-3,6,9,15H,4-5,7H2,1H3. The van der Waals surface area contributed by atoms with Crippen LogP contribution in [-0.2, 0) is 0 Å². The fourth-order valence-electron chi connectivity index (χ4n) is 1.97. The maximum Gasteiger partial charge on any atom is 0.253 e. The van der Waals surface area contributed by atoms with Crippen LogP contribution >= 0.6 is 27.5 Å². The Hall–Kier alpha value is -0.580. The SMILES string of the molecule is CN(C(=O)c1ccc(Cl)c(Br)c1)C1CCNC1. The number of likely N-dealkylation sites (N-methyl/N-ethyl adjacent to an activating group) is 1. The average molecular weight is 318 g/mol. The van der Waals surface area contributed by atoms with Gasteiger partial charge in [0.1, 0.15) is 0 Å². The van der Waals surface area contributed by atoms with Crippen LogP contribution in [0.25, 0.3) is 0 Å². The van der Waals surface area contributed by atoms with Crippen molar-refractivity contribution < 1.29 is 4.79 Å². The maximum absolute atomic E-state index is 12.2. The quantitative estimate of drug-likeness (QED) is 0.909. The van der Waals surface area contributed by atoms with Crippen molar-refractivity contribution in [3.8, 4) is 0 Å². The second-order valence-electron chi connectivity index (χ2n) is 4.19. The van der Waals surface area contributed by atoms with Crippen molar-refractivity contribution in [3.63, 3.8) is 0 Å². The minimum absolute atomic E-state index is 0.0380. The Bertz CT molecular complexity index is 433. The highest BCUT2D eigenvalue weighted by Crippen LogP contribution is 2.24. The van der Waals surface area contributed by atoms with Gasteiger partial charge < -0.3 is 10.2 Å². The highest BCUT2D eigenvalue weighted by atomic mass is 79.9. The van der Waals surface area contributed by atoms with E-state index in [0.717, 1.165) is 24.0 Å². The third kappa shape index (κ3) is 2.81. The van der Waals surface area contributed by atoms with Crippen LogP contribution in [0.5, 0.6) is 0 Å². The number of halogens is 2. The molecule has 1 aliphatic heterocycles. The Morgan fingerprint density at radius 1 is 1.59 bits per heavy atom. The molecule has 0 bridgehead atoms. The van der Waals surface area contributed by atoms with Gasteiger partial charge in [-0.2, -0.15) is 0 Å². The number of nitrogens with one attached hydrogen (secondary N) is 1. The van der Waals surface area contributed by atoms with Crippen molar-refractivity contribution in [3.05, 3.63) is 33.3 Å². The minimum atomic E-state index is 0.0380. The lowest BCUT2D eigenvalue weighted by Crippen LogP contribution is -2.38. The highest BCUT2D eigenvalue weighted by molar-refractivity contribution is 9.10.